The van der Waals surface area contributed by atoms with E-state index in [9.17, 15) is 24.5 Å². The van der Waals surface area contributed by atoms with E-state index in [4.69, 9.17) is 16.3 Å². The van der Waals surface area contributed by atoms with Gasteiger partial charge in [0.05, 0.1) is 11.0 Å². The summed E-state index contributed by atoms with van der Waals surface area (Å²) in [6, 6.07) is 20.9. The van der Waals surface area contributed by atoms with Gasteiger partial charge >= 0.3 is 5.97 Å². The third kappa shape index (κ3) is 8.06. The van der Waals surface area contributed by atoms with E-state index in [1.54, 1.807) is 0 Å². The number of amides is 2. The molecule has 3 aromatic rings. The van der Waals surface area contributed by atoms with E-state index in [1.165, 1.54) is 23.9 Å². The lowest BCUT2D eigenvalue weighted by molar-refractivity contribution is -0.384. The predicted molar refractivity (Wildman–Crippen MR) is 146 cm³/mol. The number of ether oxygens (including phenoxy) is 1. The maximum Gasteiger partial charge on any atom is 0.329 e. The van der Waals surface area contributed by atoms with Crippen molar-refractivity contribution < 1.29 is 24.0 Å². The molecule has 1 unspecified atom stereocenters. The highest BCUT2D eigenvalue weighted by molar-refractivity contribution is 7.98. The molecule has 0 spiro atoms. The van der Waals surface area contributed by atoms with Gasteiger partial charge in [0.15, 0.2) is 6.61 Å². The van der Waals surface area contributed by atoms with Gasteiger partial charge in [-0.05, 0) is 41.7 Å². The summed E-state index contributed by atoms with van der Waals surface area (Å²) in [6.07, 6.45) is 2.08. The molecule has 0 radical (unpaired) electrons. The molecule has 0 aliphatic heterocycles. The molecule has 0 bridgehead atoms. The monoisotopic (exact) mass is 555 g/mol. The minimum absolute atomic E-state index is 0.0330. The van der Waals surface area contributed by atoms with Crippen LogP contribution in [0.1, 0.15) is 33.9 Å². The van der Waals surface area contributed by atoms with Gasteiger partial charge in [0, 0.05) is 11.6 Å². The summed E-state index contributed by atoms with van der Waals surface area (Å²) >= 11 is 7.28. The standard InChI is InChI=1S/C27H26ClN3O6S/c1-38-15-14-22(29-26(33)20-12-13-21(28)23(16-20)31(35)36)27(34)37-17-24(32)30-25(18-8-4-2-5-9-18)19-10-6-3-7-11-19/h2-13,16,22,25H,14-15,17H2,1H3,(H,29,33)(H,30,32). The summed E-state index contributed by atoms with van der Waals surface area (Å²) in [5.74, 6) is -1.48. The molecular weight excluding hydrogens is 530 g/mol. The number of nitro groups is 1. The molecule has 0 aliphatic carbocycles. The van der Waals surface area contributed by atoms with Gasteiger partial charge < -0.3 is 15.4 Å². The molecule has 1 atom stereocenters. The van der Waals surface area contributed by atoms with Crippen LogP contribution in [0.2, 0.25) is 5.02 Å². The number of benzene rings is 3. The van der Waals surface area contributed by atoms with E-state index >= 15 is 0 Å². The first-order valence-electron chi connectivity index (χ1n) is 11.6. The van der Waals surface area contributed by atoms with Crippen LogP contribution in [0, 0.1) is 10.1 Å². The van der Waals surface area contributed by atoms with Crippen LogP contribution in [-0.2, 0) is 14.3 Å². The Hall–Kier alpha value is -3.89. The molecule has 38 heavy (non-hydrogen) atoms. The van der Waals surface area contributed by atoms with Crippen LogP contribution in [0.3, 0.4) is 0 Å². The number of nitrogens with zero attached hydrogens (tertiary/aromatic N) is 1. The summed E-state index contributed by atoms with van der Waals surface area (Å²) in [7, 11) is 0. The zero-order valence-corrected chi connectivity index (χ0v) is 22.0. The summed E-state index contributed by atoms with van der Waals surface area (Å²) in [4.78, 5) is 48.8. The molecule has 198 valence electrons. The fourth-order valence-electron chi connectivity index (χ4n) is 3.61. The minimum atomic E-state index is -1.06. The Morgan fingerprint density at radius 1 is 0.974 bits per heavy atom. The van der Waals surface area contributed by atoms with Crippen LogP contribution < -0.4 is 10.6 Å². The molecule has 0 heterocycles. The van der Waals surface area contributed by atoms with Crippen LogP contribution in [0.5, 0.6) is 0 Å². The number of halogens is 1. The van der Waals surface area contributed by atoms with Crippen molar-refractivity contribution in [1.82, 2.24) is 10.6 Å². The first kappa shape index (κ1) is 28.7. The Balaban J connectivity index is 1.66. The zero-order valence-electron chi connectivity index (χ0n) is 20.5. The van der Waals surface area contributed by atoms with Crippen molar-refractivity contribution in [2.24, 2.45) is 0 Å². The van der Waals surface area contributed by atoms with E-state index in [1.807, 2.05) is 66.9 Å². The molecule has 0 saturated carbocycles. The van der Waals surface area contributed by atoms with Gasteiger partial charge in [-0.1, -0.05) is 72.3 Å². The molecule has 3 aromatic carbocycles. The second-order valence-corrected chi connectivity index (χ2v) is 9.55. The van der Waals surface area contributed by atoms with Gasteiger partial charge in [0.25, 0.3) is 17.5 Å². The molecule has 0 aromatic heterocycles. The van der Waals surface area contributed by atoms with Gasteiger partial charge in [0.2, 0.25) is 0 Å². The lowest BCUT2D eigenvalue weighted by Gasteiger charge is -2.21. The third-order valence-electron chi connectivity index (χ3n) is 5.52. The summed E-state index contributed by atoms with van der Waals surface area (Å²) in [5, 5.41) is 16.5. The second-order valence-electron chi connectivity index (χ2n) is 8.16. The summed E-state index contributed by atoms with van der Waals surface area (Å²) in [5.41, 5.74) is 1.26. The maximum absolute atomic E-state index is 12.8. The number of nitro benzene ring substituents is 1. The van der Waals surface area contributed by atoms with E-state index < -0.39 is 47.1 Å². The van der Waals surface area contributed by atoms with Gasteiger partial charge in [-0.15, -0.1) is 0 Å². The maximum atomic E-state index is 12.8. The second kappa shape index (κ2) is 14.2. The fraction of sp³-hybridized carbons (Fsp3) is 0.222. The Morgan fingerprint density at radius 3 is 2.13 bits per heavy atom. The van der Waals surface area contributed by atoms with E-state index in [0.717, 1.165) is 17.2 Å². The van der Waals surface area contributed by atoms with Crippen molar-refractivity contribution in [3.63, 3.8) is 0 Å². The molecule has 11 heteroatoms. The largest absolute Gasteiger partial charge is 0.454 e. The highest BCUT2D eigenvalue weighted by Gasteiger charge is 2.25. The van der Waals surface area contributed by atoms with Crippen LogP contribution in [0.4, 0.5) is 5.69 Å². The topological polar surface area (TPSA) is 128 Å². The van der Waals surface area contributed by atoms with Crippen molar-refractivity contribution in [1.29, 1.82) is 0 Å². The summed E-state index contributed by atoms with van der Waals surface area (Å²) < 4.78 is 5.25. The van der Waals surface area contributed by atoms with Crippen molar-refractivity contribution in [2.75, 3.05) is 18.6 Å². The smallest absolute Gasteiger partial charge is 0.329 e. The highest BCUT2D eigenvalue weighted by atomic mass is 35.5. The van der Waals surface area contributed by atoms with Gasteiger partial charge in [-0.2, -0.15) is 11.8 Å². The van der Waals surface area contributed by atoms with Crippen molar-refractivity contribution in [3.05, 3.63) is 111 Å². The van der Waals surface area contributed by atoms with Gasteiger partial charge in [-0.3, -0.25) is 19.7 Å². The number of carbonyl (C=O) groups is 3. The van der Waals surface area contributed by atoms with Crippen LogP contribution in [-0.4, -0.2) is 47.4 Å². The highest BCUT2D eigenvalue weighted by Crippen LogP contribution is 2.25. The molecule has 2 N–H and O–H groups in total. The van der Waals surface area contributed by atoms with Crippen LogP contribution in [0.15, 0.2) is 78.9 Å². The van der Waals surface area contributed by atoms with Gasteiger partial charge in [0.1, 0.15) is 11.1 Å². The van der Waals surface area contributed by atoms with Crippen LogP contribution in [0.25, 0.3) is 0 Å². The number of thioether (sulfide) groups is 1. The number of carbonyl (C=O) groups excluding carboxylic acids is 3. The van der Waals surface area contributed by atoms with E-state index in [-0.39, 0.29) is 17.0 Å². The molecular formula is C27H26ClN3O6S. The van der Waals surface area contributed by atoms with Crippen LogP contribution >= 0.6 is 23.4 Å². The Labute approximate surface area is 229 Å². The average molecular weight is 556 g/mol. The SMILES string of the molecule is CSCCC(NC(=O)c1ccc(Cl)c([N+](=O)[O-])c1)C(=O)OCC(=O)NC(c1ccccc1)c1ccccc1. The van der Waals surface area contributed by atoms with Crippen molar-refractivity contribution >= 4 is 46.8 Å². The van der Waals surface area contributed by atoms with Crippen molar-refractivity contribution in [2.45, 2.75) is 18.5 Å². The first-order valence-corrected chi connectivity index (χ1v) is 13.4. The molecule has 2 amide bonds. The summed E-state index contributed by atoms with van der Waals surface area (Å²) in [6.45, 7) is -0.549. The Bertz CT molecular complexity index is 1240. The number of hydrogen-bond acceptors (Lipinski definition) is 7. The van der Waals surface area contributed by atoms with E-state index in [2.05, 4.69) is 10.6 Å². The lowest BCUT2D eigenvalue weighted by Crippen LogP contribution is -2.43. The molecule has 3 rings (SSSR count). The minimum Gasteiger partial charge on any atom is -0.454 e. The Kier molecular flexibility index (Phi) is 10.7. The normalized spacial score (nSPS) is 11.4. The number of hydrogen-bond donors (Lipinski definition) is 2. The average Bonchev–Trinajstić information content (AvgIpc) is 2.93. The van der Waals surface area contributed by atoms with Gasteiger partial charge in [-0.25, -0.2) is 4.79 Å². The Morgan fingerprint density at radius 2 is 1.58 bits per heavy atom. The molecule has 9 nitrogen and oxygen atoms in total. The molecule has 0 saturated heterocycles. The van der Waals surface area contributed by atoms with Crippen molar-refractivity contribution in [3.8, 4) is 0 Å². The fourth-order valence-corrected chi connectivity index (χ4v) is 4.27. The number of esters is 1. The zero-order chi connectivity index (χ0) is 27.5. The molecule has 0 aliphatic rings. The third-order valence-corrected chi connectivity index (χ3v) is 6.49. The lowest BCUT2D eigenvalue weighted by atomic mass is 9.99. The quantitative estimate of drug-likeness (QED) is 0.191. The molecule has 0 fully saturated rings. The first-order chi connectivity index (χ1) is 18.3. The predicted octanol–water partition coefficient (Wildman–Crippen LogP) is 4.55. The number of rotatable bonds is 12. The van der Waals surface area contributed by atoms with E-state index in [0.29, 0.717) is 5.75 Å². The number of nitrogens with one attached hydrogen (secondary N) is 2.